The molecule has 0 amide bonds. The monoisotopic (exact) mass is 102 g/mol. The first-order valence-electron chi connectivity index (χ1n) is 2.66. The average molecular weight is 102 g/mol. The summed E-state index contributed by atoms with van der Waals surface area (Å²) in [6.07, 6.45) is 3.93. The van der Waals surface area contributed by atoms with Gasteiger partial charge in [0.15, 0.2) is 0 Å². The first-order valence-corrected chi connectivity index (χ1v) is 2.66. The number of aliphatic hydroxyl groups is 1. The maximum atomic E-state index is 8.18. The predicted molar refractivity (Wildman–Crippen MR) is 25.8 cm³/mol. The molecule has 2 heteroatoms. The molecule has 0 aliphatic heterocycles. The fourth-order valence-electron chi connectivity index (χ4n) is 0.643. The van der Waals surface area contributed by atoms with E-state index in [-0.39, 0.29) is 6.79 Å². The second-order valence-electron chi connectivity index (χ2n) is 1.85. The van der Waals surface area contributed by atoms with Gasteiger partial charge >= 0.3 is 0 Å². The van der Waals surface area contributed by atoms with Crippen LogP contribution in [0, 0.1) is 0 Å². The van der Waals surface area contributed by atoms with Crippen molar-refractivity contribution in [2.75, 3.05) is 6.79 Å². The van der Waals surface area contributed by atoms with Gasteiger partial charge in [-0.2, -0.15) is 0 Å². The highest BCUT2D eigenvalue weighted by Crippen LogP contribution is 2.20. The Morgan fingerprint density at radius 1 is 1.57 bits per heavy atom. The summed E-state index contributed by atoms with van der Waals surface area (Å²) in [6.45, 7) is -0.106. The Morgan fingerprint density at radius 3 is 2.43 bits per heavy atom. The lowest BCUT2D eigenvalue weighted by atomic mass is 9.96. The highest BCUT2D eigenvalue weighted by molar-refractivity contribution is 4.67. The summed E-state index contributed by atoms with van der Waals surface area (Å²) in [7, 11) is 0. The van der Waals surface area contributed by atoms with Crippen molar-refractivity contribution in [2.24, 2.45) is 0 Å². The van der Waals surface area contributed by atoms with Gasteiger partial charge in [0.25, 0.3) is 0 Å². The van der Waals surface area contributed by atoms with Crippen LogP contribution < -0.4 is 0 Å². The molecule has 0 heterocycles. The normalized spacial score (nSPS) is 21.9. The Balaban J connectivity index is 1.93. The third kappa shape index (κ3) is 1.14. The molecule has 0 unspecified atom stereocenters. The molecule has 7 heavy (non-hydrogen) atoms. The molecule has 1 rings (SSSR count). The summed E-state index contributed by atoms with van der Waals surface area (Å²) in [5.74, 6) is 0. The number of aliphatic hydroxyl groups excluding tert-OH is 1. The van der Waals surface area contributed by atoms with Crippen LogP contribution in [0.1, 0.15) is 19.3 Å². The van der Waals surface area contributed by atoms with Gasteiger partial charge in [0.05, 0.1) is 6.10 Å². The van der Waals surface area contributed by atoms with E-state index in [1.807, 2.05) is 0 Å². The minimum Gasteiger partial charge on any atom is -0.371 e. The van der Waals surface area contributed by atoms with Crippen LogP contribution in [0.3, 0.4) is 0 Å². The summed E-state index contributed by atoms with van der Waals surface area (Å²) < 4.78 is 4.83. The largest absolute Gasteiger partial charge is 0.371 e. The van der Waals surface area contributed by atoms with Crippen molar-refractivity contribution in [3.8, 4) is 0 Å². The Kier molecular flexibility index (Phi) is 1.65. The van der Waals surface area contributed by atoms with Crippen LogP contribution >= 0.6 is 0 Å². The molecule has 1 aliphatic carbocycles. The SMILES string of the molecule is OCOC1CCC1. The molecule has 0 atom stereocenters. The second-order valence-corrected chi connectivity index (χ2v) is 1.85. The molecule has 2 nitrogen and oxygen atoms in total. The highest BCUT2D eigenvalue weighted by atomic mass is 16.6. The van der Waals surface area contributed by atoms with Gasteiger partial charge < -0.3 is 9.84 Å². The van der Waals surface area contributed by atoms with Crippen molar-refractivity contribution in [3.05, 3.63) is 0 Å². The van der Waals surface area contributed by atoms with E-state index >= 15 is 0 Å². The van der Waals surface area contributed by atoms with E-state index < -0.39 is 0 Å². The fraction of sp³-hybridized carbons (Fsp3) is 1.00. The van der Waals surface area contributed by atoms with E-state index in [1.165, 1.54) is 6.42 Å². The summed E-state index contributed by atoms with van der Waals surface area (Å²) >= 11 is 0. The molecule has 1 fully saturated rings. The van der Waals surface area contributed by atoms with Crippen LogP contribution in [-0.4, -0.2) is 18.0 Å². The van der Waals surface area contributed by atoms with Crippen molar-refractivity contribution in [1.29, 1.82) is 0 Å². The van der Waals surface area contributed by atoms with Crippen molar-refractivity contribution < 1.29 is 9.84 Å². The van der Waals surface area contributed by atoms with Crippen molar-refractivity contribution in [3.63, 3.8) is 0 Å². The summed E-state index contributed by atoms with van der Waals surface area (Å²) in [5.41, 5.74) is 0. The van der Waals surface area contributed by atoms with Crippen LogP contribution in [0.15, 0.2) is 0 Å². The van der Waals surface area contributed by atoms with E-state index in [9.17, 15) is 0 Å². The third-order valence-electron chi connectivity index (χ3n) is 1.36. The standard InChI is InChI=1S/C5H10O2/c6-4-7-5-2-1-3-5/h5-6H,1-4H2. The molecule has 1 N–H and O–H groups in total. The zero-order valence-corrected chi connectivity index (χ0v) is 4.26. The molecule has 1 saturated carbocycles. The van der Waals surface area contributed by atoms with E-state index in [2.05, 4.69) is 0 Å². The molecule has 0 spiro atoms. The van der Waals surface area contributed by atoms with Gasteiger partial charge in [-0.25, -0.2) is 0 Å². The van der Waals surface area contributed by atoms with E-state index in [4.69, 9.17) is 9.84 Å². The predicted octanol–water partition coefficient (Wildman–Crippen LogP) is 0.505. The summed E-state index contributed by atoms with van der Waals surface area (Å²) in [6, 6.07) is 0. The van der Waals surface area contributed by atoms with E-state index in [0.717, 1.165) is 12.8 Å². The summed E-state index contributed by atoms with van der Waals surface area (Å²) in [5, 5.41) is 8.18. The Morgan fingerprint density at radius 2 is 2.29 bits per heavy atom. The molecule has 0 radical (unpaired) electrons. The van der Waals surface area contributed by atoms with E-state index in [1.54, 1.807) is 0 Å². The Bertz CT molecular complexity index is 50.0. The van der Waals surface area contributed by atoms with Gasteiger partial charge in [-0.15, -0.1) is 0 Å². The van der Waals surface area contributed by atoms with Gasteiger partial charge in [0.2, 0.25) is 0 Å². The molecule has 0 saturated heterocycles. The third-order valence-corrected chi connectivity index (χ3v) is 1.36. The quantitative estimate of drug-likeness (QED) is 0.514. The van der Waals surface area contributed by atoms with Crippen LogP contribution in [0.2, 0.25) is 0 Å². The lowest BCUT2D eigenvalue weighted by Gasteiger charge is -2.23. The van der Waals surface area contributed by atoms with Gasteiger partial charge in [0, 0.05) is 0 Å². The van der Waals surface area contributed by atoms with Gasteiger partial charge in [-0.1, -0.05) is 0 Å². The number of hydrogen-bond acceptors (Lipinski definition) is 2. The van der Waals surface area contributed by atoms with Gasteiger partial charge in [-0.05, 0) is 19.3 Å². The Hall–Kier alpha value is -0.0800. The van der Waals surface area contributed by atoms with Crippen molar-refractivity contribution >= 4 is 0 Å². The topological polar surface area (TPSA) is 29.5 Å². The highest BCUT2D eigenvalue weighted by Gasteiger charge is 2.16. The zero-order valence-electron chi connectivity index (χ0n) is 4.26. The first-order chi connectivity index (χ1) is 3.43. The molecule has 0 bridgehead atoms. The van der Waals surface area contributed by atoms with E-state index in [0.29, 0.717) is 6.10 Å². The minimum atomic E-state index is -0.106. The lowest BCUT2D eigenvalue weighted by Crippen LogP contribution is -2.21. The van der Waals surface area contributed by atoms with Crippen LogP contribution in [0.25, 0.3) is 0 Å². The average Bonchev–Trinajstić information content (AvgIpc) is 1.55. The number of hydrogen-bond donors (Lipinski definition) is 1. The molecule has 0 aromatic rings. The van der Waals surface area contributed by atoms with Crippen molar-refractivity contribution in [1.82, 2.24) is 0 Å². The second kappa shape index (κ2) is 2.28. The lowest BCUT2D eigenvalue weighted by molar-refractivity contribution is -0.0792. The fourth-order valence-corrected chi connectivity index (χ4v) is 0.643. The number of rotatable bonds is 2. The number of ether oxygens (including phenoxy) is 1. The minimum absolute atomic E-state index is 0.106. The molecule has 1 aliphatic rings. The molecule has 0 aromatic heterocycles. The molecular weight excluding hydrogens is 92.1 g/mol. The molecule has 42 valence electrons. The Labute approximate surface area is 43.1 Å². The van der Waals surface area contributed by atoms with Gasteiger partial charge in [0.1, 0.15) is 6.79 Å². The first kappa shape index (κ1) is 5.06. The van der Waals surface area contributed by atoms with Gasteiger partial charge in [-0.3, -0.25) is 0 Å². The summed E-state index contributed by atoms with van der Waals surface area (Å²) in [4.78, 5) is 0. The molecule has 0 aromatic carbocycles. The van der Waals surface area contributed by atoms with Crippen LogP contribution in [0.4, 0.5) is 0 Å². The zero-order chi connectivity index (χ0) is 5.11. The molecular formula is C5H10O2. The van der Waals surface area contributed by atoms with Crippen molar-refractivity contribution in [2.45, 2.75) is 25.4 Å². The van der Waals surface area contributed by atoms with Crippen LogP contribution in [-0.2, 0) is 4.74 Å². The smallest absolute Gasteiger partial charge is 0.143 e. The maximum Gasteiger partial charge on any atom is 0.143 e. The maximum absolute atomic E-state index is 8.18. The van der Waals surface area contributed by atoms with Crippen LogP contribution in [0.5, 0.6) is 0 Å².